The monoisotopic (exact) mass is 553 g/mol. The zero-order chi connectivity index (χ0) is 29.5. The molecule has 0 fully saturated rings. The van der Waals surface area contributed by atoms with Crippen molar-refractivity contribution in [2.45, 2.75) is 130 Å². The molecule has 228 valence electrons. The Morgan fingerprint density at radius 2 is 0.974 bits per heavy atom. The smallest absolute Gasteiger partial charge is 0.311 e. The Kier molecular flexibility index (Phi) is 21.8. The van der Waals surface area contributed by atoms with Crippen molar-refractivity contribution in [1.29, 1.82) is 0 Å². The van der Waals surface area contributed by atoms with Gasteiger partial charge in [0, 0.05) is 11.9 Å². The molecule has 7 heteroatoms. The van der Waals surface area contributed by atoms with Gasteiger partial charge in [-0.2, -0.15) is 0 Å². The minimum absolute atomic E-state index is 0.175. The second-order valence-electron chi connectivity index (χ2n) is 12.0. The summed E-state index contributed by atoms with van der Waals surface area (Å²) in [5.41, 5.74) is 0. The number of rotatable bonds is 27. The molecule has 39 heavy (non-hydrogen) atoms. The van der Waals surface area contributed by atoms with Gasteiger partial charge in [0.05, 0.1) is 26.2 Å². The van der Waals surface area contributed by atoms with E-state index in [-0.39, 0.29) is 24.1 Å². The number of carbonyl (C=O) groups excluding carboxylic acids is 1. The van der Waals surface area contributed by atoms with Gasteiger partial charge < -0.3 is 24.6 Å². The fourth-order valence-corrected chi connectivity index (χ4v) is 5.52. The number of aliphatic carboxylic acids is 3. The first kappa shape index (κ1) is 37.1. The van der Waals surface area contributed by atoms with Crippen molar-refractivity contribution < 1.29 is 34.2 Å². The first-order valence-corrected chi connectivity index (χ1v) is 15.7. The van der Waals surface area contributed by atoms with Gasteiger partial charge in [0.1, 0.15) is 11.8 Å². The van der Waals surface area contributed by atoms with Crippen molar-refractivity contribution in [3.8, 4) is 0 Å². The number of unbranched alkanes of at least 4 members (excludes halogenated alkanes) is 14. The van der Waals surface area contributed by atoms with Crippen LogP contribution >= 0.6 is 0 Å². The fraction of sp³-hybridized carbons (Fsp3) is 0.844. The minimum atomic E-state index is -1.19. The van der Waals surface area contributed by atoms with Crippen molar-refractivity contribution in [2.24, 2.45) is 17.8 Å². The van der Waals surface area contributed by atoms with Gasteiger partial charge in [0.15, 0.2) is 0 Å². The van der Waals surface area contributed by atoms with Gasteiger partial charge in [-0.1, -0.05) is 90.2 Å². The third-order valence-electron chi connectivity index (χ3n) is 7.87. The Labute approximate surface area is 238 Å². The molecule has 0 aromatic rings. The maximum Gasteiger partial charge on any atom is 0.311 e. The molecule has 0 amide bonds. The summed E-state index contributed by atoms with van der Waals surface area (Å²) in [6, 6.07) is 0. The zero-order valence-electron chi connectivity index (χ0n) is 25.5. The molecule has 0 heterocycles. The summed E-state index contributed by atoms with van der Waals surface area (Å²) in [5.74, 6) is -5.26. The number of hydrogen-bond donors (Lipinski definition) is 2. The van der Waals surface area contributed by atoms with Crippen LogP contribution in [0.3, 0.4) is 0 Å². The standard InChI is InChI=1S/C32H59NO6/c1-5-6-7-8-9-10-11-12-13-14-15-16-17-18-19-20-21-22-23-33(24-27(2)30(34)35,25-28(3)31(36)37)26-29(4)32(38)39/h16-17,27-29H,5-15,18-26H2,1-4H3,(H2-,34,35,36,37,38,39)/b17-16+. The lowest BCUT2D eigenvalue weighted by Crippen LogP contribution is -2.58. The van der Waals surface area contributed by atoms with Gasteiger partial charge in [-0.05, 0) is 52.4 Å². The SMILES string of the molecule is CCCCCCCCCCCC/C=C/CCCCCC[N+](CC(C)C(=O)[O-])(CC(C)C(=O)O)CC(C)C(=O)O. The van der Waals surface area contributed by atoms with E-state index in [4.69, 9.17) is 0 Å². The van der Waals surface area contributed by atoms with Crippen LogP contribution in [-0.4, -0.2) is 58.8 Å². The van der Waals surface area contributed by atoms with E-state index in [1.165, 1.54) is 64.2 Å². The van der Waals surface area contributed by atoms with E-state index in [9.17, 15) is 29.7 Å². The molecule has 2 N–H and O–H groups in total. The van der Waals surface area contributed by atoms with E-state index in [0.29, 0.717) is 6.54 Å². The van der Waals surface area contributed by atoms with Gasteiger partial charge in [0.2, 0.25) is 0 Å². The van der Waals surface area contributed by atoms with Gasteiger partial charge in [-0.3, -0.25) is 9.59 Å². The molecule has 0 bridgehead atoms. The van der Waals surface area contributed by atoms with E-state index < -0.39 is 35.7 Å². The lowest BCUT2D eigenvalue weighted by Gasteiger charge is -2.43. The number of nitrogens with zero attached hydrogens (tertiary/aromatic N) is 1. The van der Waals surface area contributed by atoms with E-state index in [1.807, 2.05) is 0 Å². The molecule has 3 atom stereocenters. The number of allylic oxidation sites excluding steroid dienone is 2. The minimum Gasteiger partial charge on any atom is -0.550 e. The maximum atomic E-state index is 11.6. The van der Waals surface area contributed by atoms with E-state index in [2.05, 4.69) is 19.1 Å². The summed E-state index contributed by atoms with van der Waals surface area (Å²) >= 11 is 0. The lowest BCUT2D eigenvalue weighted by atomic mass is 10.0. The number of hydrogen-bond acceptors (Lipinski definition) is 4. The molecule has 3 unspecified atom stereocenters. The Balaban J connectivity index is 4.42. The average molecular weight is 554 g/mol. The van der Waals surface area contributed by atoms with Crippen molar-refractivity contribution in [3.63, 3.8) is 0 Å². The molecule has 0 aliphatic heterocycles. The Morgan fingerprint density at radius 1 is 0.615 bits per heavy atom. The first-order valence-electron chi connectivity index (χ1n) is 15.7. The number of carboxylic acid groups (broad SMARTS) is 3. The zero-order valence-corrected chi connectivity index (χ0v) is 25.5. The van der Waals surface area contributed by atoms with Crippen LogP contribution in [0.4, 0.5) is 0 Å². The molecule has 7 nitrogen and oxygen atoms in total. The molecule has 0 rings (SSSR count). The molecular formula is C32H59NO6. The van der Waals surface area contributed by atoms with Crippen molar-refractivity contribution in [2.75, 3.05) is 26.2 Å². The Bertz CT molecular complexity index is 637. The number of carboxylic acids is 3. The van der Waals surface area contributed by atoms with Crippen molar-refractivity contribution >= 4 is 17.9 Å². The summed E-state index contributed by atoms with van der Waals surface area (Å²) < 4.78 is 0.175. The molecule has 0 aliphatic rings. The third-order valence-corrected chi connectivity index (χ3v) is 7.87. The van der Waals surface area contributed by atoms with Gasteiger partial charge >= 0.3 is 11.9 Å². The van der Waals surface area contributed by atoms with Crippen LogP contribution in [0.15, 0.2) is 12.2 Å². The first-order chi connectivity index (χ1) is 18.5. The topological polar surface area (TPSA) is 115 Å². The molecule has 0 saturated heterocycles. The van der Waals surface area contributed by atoms with Crippen LogP contribution in [0, 0.1) is 17.8 Å². The molecular weight excluding hydrogens is 494 g/mol. The molecule has 0 aromatic heterocycles. The van der Waals surface area contributed by atoms with Crippen LogP contribution in [0.1, 0.15) is 130 Å². The summed E-state index contributed by atoms with van der Waals surface area (Å²) in [6.07, 6.45) is 24.2. The largest absolute Gasteiger partial charge is 0.550 e. The summed E-state index contributed by atoms with van der Waals surface area (Å²) in [5, 5.41) is 30.5. The summed E-state index contributed by atoms with van der Waals surface area (Å²) in [6.45, 7) is 8.20. The molecule has 0 spiro atoms. The van der Waals surface area contributed by atoms with E-state index >= 15 is 0 Å². The highest BCUT2D eigenvalue weighted by molar-refractivity contribution is 5.70. The van der Waals surface area contributed by atoms with Crippen molar-refractivity contribution in [3.05, 3.63) is 12.2 Å². The maximum absolute atomic E-state index is 11.6. The van der Waals surface area contributed by atoms with Crippen molar-refractivity contribution in [1.82, 2.24) is 0 Å². The number of carbonyl (C=O) groups is 3. The number of quaternary nitrogens is 1. The molecule has 0 radical (unpaired) electrons. The Morgan fingerprint density at radius 3 is 1.36 bits per heavy atom. The highest BCUT2D eigenvalue weighted by atomic mass is 16.4. The average Bonchev–Trinajstić information content (AvgIpc) is 2.87. The third kappa shape index (κ3) is 19.8. The highest BCUT2D eigenvalue weighted by Crippen LogP contribution is 2.22. The van der Waals surface area contributed by atoms with Gasteiger partial charge in [-0.15, -0.1) is 0 Å². The second kappa shape index (κ2) is 22.9. The van der Waals surface area contributed by atoms with Gasteiger partial charge in [-0.25, -0.2) is 0 Å². The quantitative estimate of drug-likeness (QED) is 0.0686. The van der Waals surface area contributed by atoms with Crippen LogP contribution in [0.25, 0.3) is 0 Å². The van der Waals surface area contributed by atoms with Crippen LogP contribution in [0.2, 0.25) is 0 Å². The normalized spacial score (nSPS) is 15.6. The molecule has 0 aliphatic carbocycles. The van der Waals surface area contributed by atoms with Crippen LogP contribution in [-0.2, 0) is 14.4 Å². The summed E-state index contributed by atoms with van der Waals surface area (Å²) in [4.78, 5) is 34.7. The molecule has 0 saturated carbocycles. The fourth-order valence-electron chi connectivity index (χ4n) is 5.52. The predicted molar refractivity (Wildman–Crippen MR) is 156 cm³/mol. The van der Waals surface area contributed by atoms with Gasteiger partial charge in [0.25, 0.3) is 0 Å². The van der Waals surface area contributed by atoms with Crippen LogP contribution in [0.5, 0.6) is 0 Å². The predicted octanol–water partition coefficient (Wildman–Crippen LogP) is 6.45. The lowest BCUT2D eigenvalue weighted by molar-refractivity contribution is -0.934. The van der Waals surface area contributed by atoms with E-state index in [1.54, 1.807) is 20.8 Å². The van der Waals surface area contributed by atoms with E-state index in [0.717, 1.165) is 38.5 Å². The highest BCUT2D eigenvalue weighted by Gasteiger charge is 2.36. The molecule has 0 aromatic carbocycles. The Hall–Kier alpha value is -1.89. The van der Waals surface area contributed by atoms with Crippen LogP contribution < -0.4 is 5.11 Å². The summed E-state index contributed by atoms with van der Waals surface area (Å²) in [7, 11) is 0. The second-order valence-corrected chi connectivity index (χ2v) is 12.0.